The maximum Gasteiger partial charge on any atom is 0.117 e. The zero-order valence-corrected chi connectivity index (χ0v) is 7.66. The van der Waals surface area contributed by atoms with Crippen LogP contribution in [0.15, 0.2) is 22.8 Å². The molecule has 0 aromatic carbocycles. The lowest BCUT2D eigenvalue weighted by Gasteiger charge is -2.22. The van der Waals surface area contributed by atoms with Gasteiger partial charge in [-0.3, -0.25) is 0 Å². The molecule has 13 heavy (non-hydrogen) atoms. The van der Waals surface area contributed by atoms with Crippen LogP contribution >= 0.6 is 0 Å². The molecular weight excluding hydrogens is 166 g/mol. The molecule has 1 fully saturated rings. The molecule has 3 nitrogen and oxygen atoms in total. The molecule has 1 aliphatic heterocycles. The molecule has 1 atom stereocenters. The first-order valence-electron chi connectivity index (χ1n) is 4.78. The molecule has 1 N–H and O–H groups in total. The second-order valence-corrected chi connectivity index (χ2v) is 3.37. The first-order chi connectivity index (χ1) is 6.45. The van der Waals surface area contributed by atoms with Crippen molar-refractivity contribution in [2.24, 2.45) is 0 Å². The average molecular weight is 181 g/mol. The summed E-state index contributed by atoms with van der Waals surface area (Å²) in [5.74, 6) is 0.991. The minimum Gasteiger partial charge on any atom is -0.468 e. The van der Waals surface area contributed by atoms with Crippen LogP contribution in [0.1, 0.15) is 18.6 Å². The Kier molecular flexibility index (Phi) is 3.00. The van der Waals surface area contributed by atoms with Gasteiger partial charge in [-0.1, -0.05) is 0 Å². The first kappa shape index (κ1) is 8.78. The lowest BCUT2D eigenvalue weighted by Crippen LogP contribution is -2.36. The summed E-state index contributed by atoms with van der Waals surface area (Å²) in [4.78, 5) is 0. The van der Waals surface area contributed by atoms with Gasteiger partial charge in [-0.05, 0) is 25.0 Å². The molecule has 0 spiro atoms. The molecule has 0 amide bonds. The zero-order valence-electron chi connectivity index (χ0n) is 7.66. The first-order valence-corrected chi connectivity index (χ1v) is 4.78. The van der Waals surface area contributed by atoms with Crippen molar-refractivity contribution in [3.05, 3.63) is 24.2 Å². The third kappa shape index (κ3) is 2.57. The highest BCUT2D eigenvalue weighted by atomic mass is 16.5. The van der Waals surface area contributed by atoms with Gasteiger partial charge in [0.25, 0.3) is 0 Å². The monoisotopic (exact) mass is 181 g/mol. The predicted molar refractivity (Wildman–Crippen MR) is 49.4 cm³/mol. The molecule has 0 radical (unpaired) electrons. The fraction of sp³-hybridized carbons (Fsp3) is 0.600. The molecule has 1 aliphatic rings. The molecule has 1 aromatic heterocycles. The van der Waals surface area contributed by atoms with E-state index in [-0.39, 0.29) is 0 Å². The standard InChI is InChI=1S/C10H15NO2/c1-3-9(8-12-5-1)11-7-10-4-2-6-13-10/h2,4,6,9,11H,1,3,5,7-8H2/t9-/m0/s1. The minimum atomic E-state index is 0.499. The van der Waals surface area contributed by atoms with E-state index < -0.39 is 0 Å². The van der Waals surface area contributed by atoms with Gasteiger partial charge in [-0.25, -0.2) is 0 Å². The van der Waals surface area contributed by atoms with Crippen molar-refractivity contribution >= 4 is 0 Å². The van der Waals surface area contributed by atoms with Crippen molar-refractivity contribution in [2.75, 3.05) is 13.2 Å². The fourth-order valence-corrected chi connectivity index (χ4v) is 1.56. The normalized spacial score (nSPS) is 23.2. The molecule has 0 aliphatic carbocycles. The van der Waals surface area contributed by atoms with Gasteiger partial charge in [-0.2, -0.15) is 0 Å². The van der Waals surface area contributed by atoms with Gasteiger partial charge in [-0.15, -0.1) is 0 Å². The SMILES string of the molecule is c1coc(CN[C@H]2CCCOC2)c1. The molecule has 0 saturated carbocycles. The molecule has 1 aromatic rings. The van der Waals surface area contributed by atoms with Crippen LogP contribution in [0.4, 0.5) is 0 Å². The Morgan fingerprint density at radius 3 is 3.23 bits per heavy atom. The van der Waals surface area contributed by atoms with Crippen LogP contribution in [0, 0.1) is 0 Å². The van der Waals surface area contributed by atoms with Crippen LogP contribution < -0.4 is 5.32 Å². The number of nitrogens with one attached hydrogen (secondary N) is 1. The van der Waals surface area contributed by atoms with Crippen LogP contribution in [-0.4, -0.2) is 19.3 Å². The van der Waals surface area contributed by atoms with E-state index >= 15 is 0 Å². The number of hydrogen-bond donors (Lipinski definition) is 1. The topological polar surface area (TPSA) is 34.4 Å². The second-order valence-electron chi connectivity index (χ2n) is 3.37. The summed E-state index contributed by atoms with van der Waals surface area (Å²) in [5, 5.41) is 3.41. The Morgan fingerprint density at radius 2 is 2.54 bits per heavy atom. The second kappa shape index (κ2) is 4.44. The van der Waals surface area contributed by atoms with E-state index in [9.17, 15) is 0 Å². The van der Waals surface area contributed by atoms with Gasteiger partial charge in [0.2, 0.25) is 0 Å². The lowest BCUT2D eigenvalue weighted by atomic mass is 10.1. The van der Waals surface area contributed by atoms with E-state index in [0.29, 0.717) is 6.04 Å². The van der Waals surface area contributed by atoms with Gasteiger partial charge in [0, 0.05) is 12.6 Å². The van der Waals surface area contributed by atoms with Crippen molar-refractivity contribution < 1.29 is 9.15 Å². The van der Waals surface area contributed by atoms with Gasteiger partial charge >= 0.3 is 0 Å². The third-order valence-corrected chi connectivity index (χ3v) is 2.31. The number of furan rings is 1. The third-order valence-electron chi connectivity index (χ3n) is 2.31. The highest BCUT2D eigenvalue weighted by Crippen LogP contribution is 2.07. The highest BCUT2D eigenvalue weighted by Gasteiger charge is 2.12. The van der Waals surface area contributed by atoms with Gasteiger partial charge in [0.1, 0.15) is 5.76 Å². The summed E-state index contributed by atoms with van der Waals surface area (Å²) in [6.07, 6.45) is 4.07. The molecule has 0 bridgehead atoms. The van der Waals surface area contributed by atoms with Crippen molar-refractivity contribution in [3.8, 4) is 0 Å². The Balaban J connectivity index is 1.72. The van der Waals surface area contributed by atoms with Crippen molar-refractivity contribution in [3.63, 3.8) is 0 Å². The molecule has 3 heteroatoms. The zero-order chi connectivity index (χ0) is 8.93. The van der Waals surface area contributed by atoms with Crippen LogP contribution in [0.2, 0.25) is 0 Å². The molecule has 2 rings (SSSR count). The molecule has 72 valence electrons. The number of rotatable bonds is 3. The van der Waals surface area contributed by atoms with Crippen LogP contribution in [-0.2, 0) is 11.3 Å². The van der Waals surface area contributed by atoms with E-state index in [4.69, 9.17) is 9.15 Å². The maximum atomic E-state index is 5.36. The van der Waals surface area contributed by atoms with Crippen molar-refractivity contribution in [2.45, 2.75) is 25.4 Å². The molecule has 2 heterocycles. The Morgan fingerprint density at radius 1 is 1.54 bits per heavy atom. The summed E-state index contributed by atoms with van der Waals surface area (Å²) in [5.41, 5.74) is 0. The lowest BCUT2D eigenvalue weighted by molar-refractivity contribution is 0.0693. The highest BCUT2D eigenvalue weighted by molar-refractivity contribution is 4.97. The fourth-order valence-electron chi connectivity index (χ4n) is 1.56. The van der Waals surface area contributed by atoms with E-state index in [1.165, 1.54) is 6.42 Å². The Bertz CT molecular complexity index is 227. The molecule has 0 unspecified atom stereocenters. The summed E-state index contributed by atoms with van der Waals surface area (Å²) >= 11 is 0. The van der Waals surface area contributed by atoms with Gasteiger partial charge < -0.3 is 14.5 Å². The number of ether oxygens (including phenoxy) is 1. The largest absolute Gasteiger partial charge is 0.468 e. The smallest absolute Gasteiger partial charge is 0.117 e. The Hall–Kier alpha value is -0.800. The average Bonchev–Trinajstić information content (AvgIpc) is 2.69. The predicted octanol–water partition coefficient (Wildman–Crippen LogP) is 1.55. The summed E-state index contributed by atoms with van der Waals surface area (Å²) in [6.45, 7) is 2.56. The summed E-state index contributed by atoms with van der Waals surface area (Å²) < 4.78 is 10.6. The van der Waals surface area contributed by atoms with Crippen molar-refractivity contribution in [1.29, 1.82) is 0 Å². The summed E-state index contributed by atoms with van der Waals surface area (Å²) in [6, 6.07) is 4.39. The molecular formula is C10H15NO2. The van der Waals surface area contributed by atoms with E-state index in [2.05, 4.69) is 5.32 Å². The van der Waals surface area contributed by atoms with Crippen LogP contribution in [0.25, 0.3) is 0 Å². The van der Waals surface area contributed by atoms with Gasteiger partial charge in [0.05, 0.1) is 19.4 Å². The molecule has 1 saturated heterocycles. The van der Waals surface area contributed by atoms with E-state index in [1.54, 1.807) is 6.26 Å². The van der Waals surface area contributed by atoms with E-state index in [0.717, 1.165) is 31.9 Å². The maximum absolute atomic E-state index is 5.36. The quantitative estimate of drug-likeness (QED) is 0.768. The van der Waals surface area contributed by atoms with Crippen molar-refractivity contribution in [1.82, 2.24) is 5.32 Å². The summed E-state index contributed by atoms with van der Waals surface area (Å²) in [7, 11) is 0. The minimum absolute atomic E-state index is 0.499. The number of hydrogen-bond acceptors (Lipinski definition) is 3. The van der Waals surface area contributed by atoms with E-state index in [1.807, 2.05) is 12.1 Å². The Labute approximate surface area is 78.1 Å². The van der Waals surface area contributed by atoms with Crippen LogP contribution in [0.3, 0.4) is 0 Å². The van der Waals surface area contributed by atoms with Gasteiger partial charge in [0.15, 0.2) is 0 Å². The van der Waals surface area contributed by atoms with Crippen LogP contribution in [0.5, 0.6) is 0 Å².